The summed E-state index contributed by atoms with van der Waals surface area (Å²) in [6.45, 7) is 1.10. The Bertz CT molecular complexity index is 670. The Kier molecular flexibility index (Phi) is 5.09. The smallest absolute Gasteiger partial charge is 0.138 e. The monoisotopic (exact) mass is 287 g/mol. The first-order valence-corrected chi connectivity index (χ1v) is 6.63. The summed E-state index contributed by atoms with van der Waals surface area (Å²) in [6.07, 6.45) is 3.67. The second-order valence-electron chi connectivity index (χ2n) is 4.90. The molecule has 1 heterocycles. The molecule has 0 unspecified atom stereocenters. The molecule has 0 amide bonds. The molecule has 2 rings (SSSR count). The lowest BCUT2D eigenvalue weighted by Crippen LogP contribution is -2.19. The second-order valence-corrected chi connectivity index (χ2v) is 4.90. The van der Waals surface area contributed by atoms with Crippen LogP contribution in [0.1, 0.15) is 17.0 Å². The zero-order chi connectivity index (χ0) is 15.2. The van der Waals surface area contributed by atoms with E-state index in [9.17, 15) is 4.39 Å². The van der Waals surface area contributed by atoms with Gasteiger partial charge < -0.3 is 9.67 Å². The molecule has 0 aliphatic heterocycles. The van der Waals surface area contributed by atoms with Crippen molar-refractivity contribution in [1.82, 2.24) is 14.5 Å². The summed E-state index contributed by atoms with van der Waals surface area (Å²) in [5.74, 6) is 5.69. The first kappa shape index (κ1) is 15.2. The van der Waals surface area contributed by atoms with E-state index in [1.165, 1.54) is 6.07 Å². The van der Waals surface area contributed by atoms with Crippen LogP contribution in [0.3, 0.4) is 0 Å². The van der Waals surface area contributed by atoms with Crippen LogP contribution >= 0.6 is 0 Å². The van der Waals surface area contributed by atoms with Gasteiger partial charge in [-0.05, 0) is 24.7 Å². The third-order valence-electron chi connectivity index (χ3n) is 3.12. The number of hydrogen-bond donors (Lipinski definition) is 1. The van der Waals surface area contributed by atoms with Crippen LogP contribution < -0.4 is 0 Å². The van der Waals surface area contributed by atoms with Gasteiger partial charge in [-0.15, -0.1) is 0 Å². The van der Waals surface area contributed by atoms with Crippen LogP contribution in [0.2, 0.25) is 0 Å². The maximum absolute atomic E-state index is 13.6. The van der Waals surface area contributed by atoms with Crippen molar-refractivity contribution in [2.24, 2.45) is 7.05 Å². The summed E-state index contributed by atoms with van der Waals surface area (Å²) in [4.78, 5) is 6.38. The summed E-state index contributed by atoms with van der Waals surface area (Å²) >= 11 is 0. The van der Waals surface area contributed by atoms with E-state index in [2.05, 4.69) is 21.7 Å². The van der Waals surface area contributed by atoms with Crippen LogP contribution in [0.4, 0.5) is 4.39 Å². The Labute approximate surface area is 123 Å². The molecule has 1 aromatic heterocycles. The van der Waals surface area contributed by atoms with Gasteiger partial charge in [0.05, 0.1) is 12.1 Å². The van der Waals surface area contributed by atoms with E-state index in [1.54, 1.807) is 18.3 Å². The van der Waals surface area contributed by atoms with Crippen molar-refractivity contribution in [3.63, 3.8) is 0 Å². The highest BCUT2D eigenvalue weighted by Crippen LogP contribution is 2.12. The van der Waals surface area contributed by atoms with Crippen molar-refractivity contribution in [3.05, 3.63) is 53.4 Å². The van der Waals surface area contributed by atoms with Gasteiger partial charge in [0.25, 0.3) is 0 Å². The van der Waals surface area contributed by atoms with Crippen LogP contribution in [-0.2, 0) is 20.1 Å². The summed E-state index contributed by atoms with van der Waals surface area (Å²) in [6, 6.07) is 4.87. The Morgan fingerprint density at radius 2 is 2.19 bits per heavy atom. The van der Waals surface area contributed by atoms with Gasteiger partial charge >= 0.3 is 0 Å². The average Bonchev–Trinajstić information content (AvgIpc) is 2.85. The SMILES string of the molecule is CN(Cc1ccc(F)c(C#CCO)c1)Cc1nccn1C. The lowest BCUT2D eigenvalue weighted by Gasteiger charge is -2.16. The molecular weight excluding hydrogens is 269 g/mol. The van der Waals surface area contributed by atoms with Crippen LogP contribution in [0.15, 0.2) is 30.6 Å². The van der Waals surface area contributed by atoms with Gasteiger partial charge in [-0.1, -0.05) is 17.9 Å². The molecule has 0 bridgehead atoms. The third-order valence-corrected chi connectivity index (χ3v) is 3.12. The fraction of sp³-hybridized carbons (Fsp3) is 0.312. The Morgan fingerprint density at radius 1 is 1.38 bits per heavy atom. The molecule has 5 heteroatoms. The maximum Gasteiger partial charge on any atom is 0.138 e. The van der Waals surface area contributed by atoms with E-state index in [0.29, 0.717) is 18.7 Å². The van der Waals surface area contributed by atoms with Crippen LogP contribution in [-0.4, -0.2) is 33.2 Å². The van der Waals surface area contributed by atoms with Gasteiger partial charge in [-0.25, -0.2) is 9.37 Å². The standard InChI is InChI=1S/C16H18FN3O/c1-19(12-16-18-7-8-20(16)2)11-13-5-6-15(17)14(10-13)4-3-9-21/h5-8,10,21H,9,11-12H2,1-2H3. The topological polar surface area (TPSA) is 41.3 Å². The van der Waals surface area contributed by atoms with Crippen molar-refractivity contribution >= 4 is 0 Å². The Morgan fingerprint density at radius 3 is 2.86 bits per heavy atom. The highest BCUT2D eigenvalue weighted by molar-refractivity contribution is 5.38. The number of hydrogen-bond acceptors (Lipinski definition) is 3. The lowest BCUT2D eigenvalue weighted by atomic mass is 10.1. The minimum atomic E-state index is -0.369. The van der Waals surface area contributed by atoms with Gasteiger partial charge in [0.2, 0.25) is 0 Å². The Balaban J connectivity index is 2.07. The minimum absolute atomic E-state index is 0.275. The van der Waals surface area contributed by atoms with E-state index in [-0.39, 0.29) is 12.4 Å². The van der Waals surface area contributed by atoms with E-state index >= 15 is 0 Å². The first-order chi connectivity index (χ1) is 10.1. The van der Waals surface area contributed by atoms with E-state index in [4.69, 9.17) is 5.11 Å². The molecule has 4 nitrogen and oxygen atoms in total. The first-order valence-electron chi connectivity index (χ1n) is 6.63. The molecule has 1 aromatic carbocycles. The molecule has 0 fully saturated rings. The van der Waals surface area contributed by atoms with Crippen LogP contribution in [0.5, 0.6) is 0 Å². The molecule has 21 heavy (non-hydrogen) atoms. The van der Waals surface area contributed by atoms with E-state index < -0.39 is 0 Å². The van der Waals surface area contributed by atoms with Gasteiger partial charge in [0.15, 0.2) is 0 Å². The second kappa shape index (κ2) is 7.02. The molecule has 1 N–H and O–H groups in total. The zero-order valence-corrected chi connectivity index (χ0v) is 12.2. The number of aliphatic hydroxyl groups is 1. The number of halogens is 1. The summed E-state index contributed by atoms with van der Waals surface area (Å²) in [5.41, 5.74) is 1.28. The number of nitrogens with zero attached hydrogens (tertiary/aromatic N) is 3. The van der Waals surface area contributed by atoms with Gasteiger partial charge in [-0.2, -0.15) is 0 Å². The van der Waals surface area contributed by atoms with Crippen molar-refractivity contribution in [3.8, 4) is 11.8 Å². The van der Waals surface area contributed by atoms with Crippen LogP contribution in [0, 0.1) is 17.7 Å². The molecule has 2 aromatic rings. The van der Waals surface area contributed by atoms with Crippen LogP contribution in [0.25, 0.3) is 0 Å². The molecule has 0 saturated carbocycles. The molecular formula is C16H18FN3O. The fourth-order valence-corrected chi connectivity index (χ4v) is 2.06. The summed E-state index contributed by atoms with van der Waals surface area (Å²) in [7, 11) is 3.94. The molecule has 0 aliphatic carbocycles. The number of aryl methyl sites for hydroxylation is 1. The van der Waals surface area contributed by atoms with Crippen molar-refractivity contribution in [2.45, 2.75) is 13.1 Å². The number of aliphatic hydroxyl groups excluding tert-OH is 1. The third kappa shape index (κ3) is 4.15. The highest BCUT2D eigenvalue weighted by atomic mass is 19.1. The number of imidazole rings is 1. The minimum Gasteiger partial charge on any atom is -0.384 e. The number of benzene rings is 1. The van der Waals surface area contributed by atoms with Gasteiger partial charge in [-0.3, -0.25) is 4.90 Å². The van der Waals surface area contributed by atoms with E-state index in [0.717, 1.165) is 11.4 Å². The quantitative estimate of drug-likeness (QED) is 0.867. The average molecular weight is 287 g/mol. The van der Waals surface area contributed by atoms with Gasteiger partial charge in [0, 0.05) is 26.0 Å². The van der Waals surface area contributed by atoms with Crippen molar-refractivity contribution < 1.29 is 9.50 Å². The maximum atomic E-state index is 13.6. The predicted octanol–water partition coefficient (Wildman–Crippen LogP) is 1.53. The Hall–Kier alpha value is -2.16. The largest absolute Gasteiger partial charge is 0.384 e. The molecule has 0 radical (unpaired) electrons. The molecule has 0 aliphatic rings. The van der Waals surface area contributed by atoms with Crippen molar-refractivity contribution in [1.29, 1.82) is 0 Å². The van der Waals surface area contributed by atoms with Crippen molar-refractivity contribution in [2.75, 3.05) is 13.7 Å². The van der Waals surface area contributed by atoms with Gasteiger partial charge in [0.1, 0.15) is 18.2 Å². The molecule has 0 atom stereocenters. The van der Waals surface area contributed by atoms with E-state index in [1.807, 2.05) is 24.9 Å². The number of rotatable bonds is 4. The lowest BCUT2D eigenvalue weighted by molar-refractivity contribution is 0.307. The molecule has 0 saturated heterocycles. The number of aromatic nitrogens is 2. The zero-order valence-electron chi connectivity index (χ0n) is 12.2. The predicted molar refractivity (Wildman–Crippen MR) is 78.7 cm³/mol. The molecule has 110 valence electrons. The summed E-state index contributed by atoms with van der Waals surface area (Å²) < 4.78 is 15.5. The molecule has 0 spiro atoms. The fourth-order valence-electron chi connectivity index (χ4n) is 2.06. The highest BCUT2D eigenvalue weighted by Gasteiger charge is 2.07. The summed E-state index contributed by atoms with van der Waals surface area (Å²) in [5, 5.41) is 8.69. The normalized spacial score (nSPS) is 10.5.